The number of nitrogens with zero attached hydrogens (tertiary/aromatic N) is 3. The Kier molecular flexibility index (Phi) is 9.37. The Bertz CT molecular complexity index is 1590. The third kappa shape index (κ3) is 7.63. The molecule has 15 heteroatoms. The molecule has 6 N–H and O–H groups in total. The molecule has 3 aromatic rings. The average Bonchev–Trinajstić information content (AvgIpc) is 2.88. The number of nitriles is 1. The molecule has 0 aliphatic rings. The zero-order valence-electron chi connectivity index (χ0n) is 20.5. The molecular weight excluding hydrogens is 550 g/mol. The van der Waals surface area contributed by atoms with Crippen LogP contribution >= 0.6 is 11.6 Å². The van der Waals surface area contributed by atoms with Crippen LogP contribution in [0.3, 0.4) is 0 Å². The van der Waals surface area contributed by atoms with E-state index in [1.54, 1.807) is 25.1 Å². The van der Waals surface area contributed by atoms with Crippen molar-refractivity contribution >= 4 is 39.2 Å². The Labute approximate surface area is 228 Å². The van der Waals surface area contributed by atoms with Gasteiger partial charge in [-0.05, 0) is 60.6 Å². The molecule has 13 nitrogen and oxygen atoms in total. The largest absolute Gasteiger partial charge is 0.456 e. The van der Waals surface area contributed by atoms with Gasteiger partial charge in [-0.1, -0.05) is 17.7 Å². The zero-order valence-corrected chi connectivity index (χ0v) is 22.1. The lowest BCUT2D eigenvalue weighted by Crippen LogP contribution is -2.36. The van der Waals surface area contributed by atoms with E-state index in [2.05, 4.69) is 15.2 Å². The highest BCUT2D eigenvalue weighted by Gasteiger charge is 2.19. The number of aromatic nitrogens is 1. The Morgan fingerprint density at radius 1 is 1.15 bits per heavy atom. The van der Waals surface area contributed by atoms with E-state index in [1.165, 1.54) is 36.4 Å². The number of amides is 1. The minimum absolute atomic E-state index is 0.000227. The Morgan fingerprint density at radius 2 is 1.87 bits per heavy atom. The van der Waals surface area contributed by atoms with Crippen LogP contribution in [0.5, 0.6) is 11.5 Å². The molecule has 0 saturated heterocycles. The van der Waals surface area contributed by atoms with Crippen LogP contribution in [-0.2, 0) is 26.2 Å². The van der Waals surface area contributed by atoms with Crippen LogP contribution in [0.4, 0.5) is 5.69 Å². The third-order valence-electron chi connectivity index (χ3n) is 5.07. The number of anilines is 1. The van der Waals surface area contributed by atoms with E-state index < -0.39 is 21.5 Å². The van der Waals surface area contributed by atoms with E-state index in [-0.39, 0.29) is 58.3 Å². The summed E-state index contributed by atoms with van der Waals surface area (Å²) in [5.41, 5.74) is 9.87. The van der Waals surface area contributed by atoms with Crippen LogP contribution in [0.25, 0.3) is 0 Å². The van der Waals surface area contributed by atoms with Crippen LogP contribution in [0.2, 0.25) is 5.02 Å². The van der Waals surface area contributed by atoms with Gasteiger partial charge in [0.1, 0.15) is 42.0 Å². The minimum atomic E-state index is -4.17. The fourth-order valence-corrected chi connectivity index (χ4v) is 4.48. The SMILES string of the molecule is Cc1ccc(NS(=O)(=O)c2ccc(Oc3cccc(Cl)c3C#N)cc2)c(=O)n1CC(=O)NCCON=C(N)N. The fraction of sp³-hybridized carbons (Fsp3) is 0.167. The topological polar surface area (TPSA) is 204 Å². The quantitative estimate of drug-likeness (QED) is 0.114. The van der Waals surface area contributed by atoms with E-state index in [0.29, 0.717) is 5.69 Å². The number of rotatable bonds is 11. The maximum Gasteiger partial charge on any atom is 0.275 e. The van der Waals surface area contributed by atoms with Crippen molar-refractivity contribution in [1.29, 1.82) is 5.26 Å². The molecule has 1 aromatic heterocycles. The van der Waals surface area contributed by atoms with Crippen LogP contribution in [0.15, 0.2) is 69.4 Å². The molecule has 3 rings (SSSR count). The Balaban J connectivity index is 1.71. The van der Waals surface area contributed by atoms with Crippen molar-refractivity contribution in [3.05, 3.63) is 81.2 Å². The number of oxime groups is 1. The zero-order chi connectivity index (χ0) is 28.6. The lowest BCUT2D eigenvalue weighted by atomic mass is 10.2. The van der Waals surface area contributed by atoms with Crippen LogP contribution in [0, 0.1) is 18.3 Å². The molecule has 0 bridgehead atoms. The van der Waals surface area contributed by atoms with Crippen molar-refractivity contribution in [3.8, 4) is 17.6 Å². The molecule has 0 aliphatic heterocycles. The number of pyridine rings is 1. The monoisotopic (exact) mass is 573 g/mol. The summed E-state index contributed by atoms with van der Waals surface area (Å²) in [5.74, 6) is -0.300. The number of carbonyl (C=O) groups is 1. The molecule has 0 spiro atoms. The summed E-state index contributed by atoms with van der Waals surface area (Å²) in [4.78, 5) is 29.8. The number of benzene rings is 2. The highest BCUT2D eigenvalue weighted by molar-refractivity contribution is 7.92. The summed E-state index contributed by atoms with van der Waals surface area (Å²) >= 11 is 6.01. The van der Waals surface area contributed by atoms with Gasteiger partial charge in [-0.25, -0.2) is 8.42 Å². The van der Waals surface area contributed by atoms with E-state index in [1.807, 2.05) is 6.07 Å². The van der Waals surface area contributed by atoms with Gasteiger partial charge in [-0.2, -0.15) is 5.26 Å². The normalized spacial score (nSPS) is 10.7. The average molecular weight is 574 g/mol. The van der Waals surface area contributed by atoms with Gasteiger partial charge in [0, 0.05) is 5.69 Å². The standard InChI is InChI=1S/C24H24ClN7O6S/c1-15-5-10-20(23(34)32(15)14-22(33)29-11-12-37-30-24(27)28)31-39(35,36)17-8-6-16(7-9-17)38-21-4-2-3-19(25)18(21)13-26/h2-10,31H,11-12,14H2,1H3,(H,29,33)(H4,27,28,30). The van der Waals surface area contributed by atoms with Gasteiger partial charge in [0.15, 0.2) is 0 Å². The molecule has 0 radical (unpaired) electrons. The lowest BCUT2D eigenvalue weighted by Gasteiger charge is -2.14. The van der Waals surface area contributed by atoms with Crippen LogP contribution in [-0.4, -0.2) is 38.0 Å². The lowest BCUT2D eigenvalue weighted by molar-refractivity contribution is -0.122. The Morgan fingerprint density at radius 3 is 2.54 bits per heavy atom. The van der Waals surface area contributed by atoms with Crippen LogP contribution in [0.1, 0.15) is 11.3 Å². The minimum Gasteiger partial charge on any atom is -0.456 e. The molecule has 1 heterocycles. The number of carbonyl (C=O) groups excluding carboxylic acids is 1. The number of hydrogen-bond donors (Lipinski definition) is 4. The Hall–Kier alpha value is -4.74. The first-order valence-corrected chi connectivity index (χ1v) is 13.1. The summed E-state index contributed by atoms with van der Waals surface area (Å²) in [6.45, 7) is 1.32. The van der Waals surface area contributed by atoms with E-state index in [0.717, 1.165) is 4.57 Å². The summed E-state index contributed by atoms with van der Waals surface area (Å²) < 4.78 is 35.0. The molecule has 2 aromatic carbocycles. The van der Waals surface area contributed by atoms with Crippen molar-refractivity contribution in [2.24, 2.45) is 16.6 Å². The number of ether oxygens (including phenoxy) is 1. The van der Waals surface area contributed by atoms with Crippen molar-refractivity contribution < 1.29 is 22.8 Å². The first-order valence-electron chi connectivity index (χ1n) is 11.2. The molecular formula is C24H24ClN7O6S. The number of halogens is 1. The number of aryl methyl sites for hydroxylation is 1. The van der Waals surface area contributed by atoms with Gasteiger partial charge in [0.05, 0.1) is 16.5 Å². The van der Waals surface area contributed by atoms with E-state index in [4.69, 9.17) is 32.6 Å². The van der Waals surface area contributed by atoms with Crippen molar-refractivity contribution in [1.82, 2.24) is 9.88 Å². The molecule has 0 saturated carbocycles. The number of guanidine groups is 1. The maximum atomic E-state index is 13.0. The van der Waals surface area contributed by atoms with Gasteiger partial charge in [0.2, 0.25) is 11.9 Å². The van der Waals surface area contributed by atoms with E-state index in [9.17, 15) is 23.3 Å². The molecule has 204 valence electrons. The highest BCUT2D eigenvalue weighted by Crippen LogP contribution is 2.30. The van der Waals surface area contributed by atoms with Gasteiger partial charge < -0.3 is 30.9 Å². The van der Waals surface area contributed by atoms with Gasteiger partial charge in [-0.3, -0.25) is 14.3 Å². The van der Waals surface area contributed by atoms with Crippen molar-refractivity contribution in [2.75, 3.05) is 17.9 Å². The fourth-order valence-electron chi connectivity index (χ4n) is 3.22. The van der Waals surface area contributed by atoms with Gasteiger partial charge in [-0.15, -0.1) is 0 Å². The second-order valence-electron chi connectivity index (χ2n) is 7.88. The van der Waals surface area contributed by atoms with Crippen LogP contribution < -0.4 is 31.8 Å². The second kappa shape index (κ2) is 12.7. The van der Waals surface area contributed by atoms with E-state index >= 15 is 0 Å². The predicted molar refractivity (Wildman–Crippen MR) is 144 cm³/mol. The summed E-state index contributed by atoms with van der Waals surface area (Å²) in [6, 6.07) is 14.8. The third-order valence-corrected chi connectivity index (χ3v) is 6.77. The summed E-state index contributed by atoms with van der Waals surface area (Å²) in [5, 5.41) is 15.4. The molecule has 0 fully saturated rings. The molecule has 1 amide bonds. The second-order valence-corrected chi connectivity index (χ2v) is 9.97. The highest BCUT2D eigenvalue weighted by atomic mass is 35.5. The molecule has 0 unspecified atom stereocenters. The maximum absolute atomic E-state index is 13.0. The van der Waals surface area contributed by atoms with Gasteiger partial charge in [0.25, 0.3) is 15.6 Å². The smallest absolute Gasteiger partial charge is 0.275 e. The number of nitrogens with two attached hydrogens (primary N) is 2. The number of hydrogen-bond acceptors (Lipinski definition) is 8. The van der Waals surface area contributed by atoms with Crippen molar-refractivity contribution in [2.45, 2.75) is 18.4 Å². The molecule has 0 atom stereocenters. The van der Waals surface area contributed by atoms with Gasteiger partial charge >= 0.3 is 0 Å². The summed E-state index contributed by atoms with van der Waals surface area (Å²) in [7, 11) is -4.17. The van der Waals surface area contributed by atoms with Crippen molar-refractivity contribution in [3.63, 3.8) is 0 Å². The first-order chi connectivity index (χ1) is 18.5. The molecule has 0 aliphatic carbocycles. The number of nitrogens with one attached hydrogen (secondary N) is 2. The first kappa shape index (κ1) is 28.8. The number of sulfonamides is 1. The summed E-state index contributed by atoms with van der Waals surface area (Å²) in [6.07, 6.45) is 0. The molecule has 39 heavy (non-hydrogen) atoms. The predicted octanol–water partition coefficient (Wildman–Crippen LogP) is 1.60.